The van der Waals surface area contributed by atoms with Gasteiger partial charge in [0.15, 0.2) is 5.78 Å². The van der Waals surface area contributed by atoms with E-state index in [1.54, 1.807) is 32.0 Å². The number of aryl methyl sites for hydroxylation is 1. The van der Waals surface area contributed by atoms with E-state index in [0.717, 1.165) is 6.07 Å². The minimum Gasteiger partial charge on any atom is -0.380 e. The number of hydrogen-bond acceptors (Lipinski definition) is 7. The van der Waals surface area contributed by atoms with Gasteiger partial charge in [-0.2, -0.15) is 13.2 Å². The van der Waals surface area contributed by atoms with Gasteiger partial charge in [0.1, 0.15) is 6.33 Å². The van der Waals surface area contributed by atoms with E-state index in [1.807, 2.05) is 0 Å². The predicted octanol–water partition coefficient (Wildman–Crippen LogP) is 4.80. The maximum absolute atomic E-state index is 13.4. The summed E-state index contributed by atoms with van der Waals surface area (Å²) in [5.74, 6) is -0.585. The summed E-state index contributed by atoms with van der Waals surface area (Å²) < 4.78 is 45.7. The second-order valence-corrected chi connectivity index (χ2v) is 9.15. The standard InChI is InChI=1S/C26H26F3N5O3/c1-16-3-5-22(20(9-16)26(27,28)29)34-19-4-6-21(32-13-19)17(2)33-24(36)25(7-8-37-14-25)10-23(35)18-11-30-15-31-12-18/h3-6,9,11-13,15,17,34H,7-8,10,14H2,1-2H3,(H,33,36)/t17?,25-/m0/s1. The zero-order valence-corrected chi connectivity index (χ0v) is 20.3. The molecule has 0 aliphatic carbocycles. The number of hydrogen-bond donors (Lipinski definition) is 2. The number of aromatic nitrogens is 3. The van der Waals surface area contributed by atoms with Crippen LogP contribution in [0.4, 0.5) is 24.5 Å². The number of amides is 1. The highest BCUT2D eigenvalue weighted by molar-refractivity contribution is 5.99. The van der Waals surface area contributed by atoms with Crippen molar-refractivity contribution in [2.45, 2.75) is 38.9 Å². The molecule has 2 N–H and O–H groups in total. The van der Waals surface area contributed by atoms with Gasteiger partial charge in [0.25, 0.3) is 0 Å². The molecule has 194 valence electrons. The molecule has 2 aromatic heterocycles. The molecule has 4 rings (SSSR count). The molecule has 0 radical (unpaired) electrons. The molecule has 11 heteroatoms. The van der Waals surface area contributed by atoms with Gasteiger partial charge in [-0.25, -0.2) is 9.97 Å². The number of pyridine rings is 1. The number of rotatable bonds is 8. The lowest BCUT2D eigenvalue weighted by Crippen LogP contribution is -2.44. The number of anilines is 2. The van der Waals surface area contributed by atoms with Crippen molar-refractivity contribution in [3.63, 3.8) is 0 Å². The van der Waals surface area contributed by atoms with Gasteiger partial charge in [-0.05, 0) is 44.5 Å². The third kappa shape index (κ3) is 6.11. The summed E-state index contributed by atoms with van der Waals surface area (Å²) in [7, 11) is 0. The monoisotopic (exact) mass is 513 g/mol. The first-order valence-corrected chi connectivity index (χ1v) is 11.7. The van der Waals surface area contributed by atoms with Crippen LogP contribution in [0.3, 0.4) is 0 Å². The Bertz CT molecular complexity index is 1260. The first-order chi connectivity index (χ1) is 17.6. The van der Waals surface area contributed by atoms with Crippen LogP contribution in [0, 0.1) is 12.3 Å². The number of carbonyl (C=O) groups excluding carboxylic acids is 2. The van der Waals surface area contributed by atoms with Crippen molar-refractivity contribution in [2.24, 2.45) is 5.41 Å². The zero-order valence-electron chi connectivity index (χ0n) is 20.3. The highest BCUT2D eigenvalue weighted by Gasteiger charge is 2.44. The highest BCUT2D eigenvalue weighted by Crippen LogP contribution is 2.37. The topological polar surface area (TPSA) is 106 Å². The Kier molecular flexibility index (Phi) is 7.53. The van der Waals surface area contributed by atoms with Gasteiger partial charge in [-0.1, -0.05) is 11.6 Å². The Balaban J connectivity index is 1.44. The lowest BCUT2D eigenvalue weighted by atomic mass is 9.80. The summed E-state index contributed by atoms with van der Waals surface area (Å²) >= 11 is 0. The van der Waals surface area contributed by atoms with E-state index in [9.17, 15) is 22.8 Å². The summed E-state index contributed by atoms with van der Waals surface area (Å²) in [6.45, 7) is 3.81. The number of alkyl halides is 3. The molecule has 37 heavy (non-hydrogen) atoms. The summed E-state index contributed by atoms with van der Waals surface area (Å²) in [4.78, 5) is 38.1. The molecule has 1 aliphatic heterocycles. The van der Waals surface area contributed by atoms with Gasteiger partial charge in [0.2, 0.25) is 5.91 Å². The average molecular weight is 514 g/mol. The second kappa shape index (κ2) is 10.6. The third-order valence-corrected chi connectivity index (χ3v) is 6.30. The van der Waals surface area contributed by atoms with Gasteiger partial charge in [-0.15, -0.1) is 0 Å². The van der Waals surface area contributed by atoms with Crippen LogP contribution in [0.25, 0.3) is 0 Å². The molecule has 0 spiro atoms. The highest BCUT2D eigenvalue weighted by atomic mass is 19.4. The van der Waals surface area contributed by atoms with E-state index in [4.69, 9.17) is 4.74 Å². The van der Waals surface area contributed by atoms with Crippen molar-refractivity contribution in [1.29, 1.82) is 0 Å². The Morgan fingerprint density at radius 1 is 1.14 bits per heavy atom. The summed E-state index contributed by atoms with van der Waals surface area (Å²) in [5, 5.41) is 5.67. The maximum atomic E-state index is 13.4. The molecule has 8 nitrogen and oxygen atoms in total. The smallest absolute Gasteiger partial charge is 0.380 e. The van der Waals surface area contributed by atoms with Crippen LogP contribution in [0.1, 0.15) is 53.0 Å². The number of benzene rings is 1. The molecule has 0 bridgehead atoms. The quantitative estimate of drug-likeness (QED) is 0.417. The predicted molar refractivity (Wildman–Crippen MR) is 129 cm³/mol. The van der Waals surface area contributed by atoms with E-state index >= 15 is 0 Å². The number of nitrogens with zero attached hydrogens (tertiary/aromatic N) is 3. The Hall–Kier alpha value is -3.86. The van der Waals surface area contributed by atoms with E-state index in [0.29, 0.717) is 35.5 Å². The third-order valence-electron chi connectivity index (χ3n) is 6.30. The van der Waals surface area contributed by atoms with Crippen molar-refractivity contribution in [2.75, 3.05) is 18.5 Å². The molecular weight excluding hydrogens is 487 g/mol. The van der Waals surface area contributed by atoms with Crippen molar-refractivity contribution in [3.05, 3.63) is 77.6 Å². The van der Waals surface area contributed by atoms with Crippen LogP contribution in [0.2, 0.25) is 0 Å². The van der Waals surface area contributed by atoms with Crippen molar-refractivity contribution in [3.8, 4) is 0 Å². The summed E-state index contributed by atoms with van der Waals surface area (Å²) in [6.07, 6.45) is 1.39. The second-order valence-electron chi connectivity index (χ2n) is 9.15. The Labute approximate surface area is 211 Å². The van der Waals surface area contributed by atoms with E-state index < -0.39 is 23.2 Å². The van der Waals surface area contributed by atoms with Gasteiger partial charge >= 0.3 is 6.18 Å². The van der Waals surface area contributed by atoms with E-state index in [1.165, 1.54) is 31.0 Å². The van der Waals surface area contributed by atoms with Gasteiger partial charge in [-0.3, -0.25) is 14.6 Å². The van der Waals surface area contributed by atoms with Crippen LogP contribution < -0.4 is 10.6 Å². The Morgan fingerprint density at radius 3 is 2.51 bits per heavy atom. The van der Waals surface area contributed by atoms with Crippen LogP contribution in [-0.2, 0) is 15.7 Å². The molecule has 1 aromatic carbocycles. The molecule has 2 atom stereocenters. The molecule has 3 aromatic rings. The number of halogens is 3. The SMILES string of the molecule is Cc1ccc(Nc2ccc(C(C)NC(=O)[C@]3(CC(=O)c4cncnc4)CCOC3)nc2)c(C(F)(F)F)c1. The first kappa shape index (κ1) is 26.2. The fourth-order valence-corrected chi connectivity index (χ4v) is 4.17. The van der Waals surface area contributed by atoms with Gasteiger partial charge in [0.05, 0.1) is 52.5 Å². The fourth-order valence-electron chi connectivity index (χ4n) is 4.17. The van der Waals surface area contributed by atoms with Crippen LogP contribution >= 0.6 is 0 Å². The number of ether oxygens (including phenoxy) is 1. The number of nitrogens with one attached hydrogen (secondary N) is 2. The Morgan fingerprint density at radius 2 is 1.89 bits per heavy atom. The molecule has 1 fully saturated rings. The van der Waals surface area contributed by atoms with Crippen LogP contribution in [0.5, 0.6) is 0 Å². The van der Waals surface area contributed by atoms with Crippen molar-refractivity contribution < 1.29 is 27.5 Å². The maximum Gasteiger partial charge on any atom is 0.418 e. The summed E-state index contributed by atoms with van der Waals surface area (Å²) in [6, 6.07) is 6.76. The molecule has 1 amide bonds. The minimum atomic E-state index is -4.50. The number of carbonyl (C=O) groups is 2. The minimum absolute atomic E-state index is 0.0483. The zero-order chi connectivity index (χ0) is 26.6. The van der Waals surface area contributed by atoms with Gasteiger partial charge < -0.3 is 15.4 Å². The lowest BCUT2D eigenvalue weighted by Gasteiger charge is -2.27. The first-order valence-electron chi connectivity index (χ1n) is 11.7. The lowest BCUT2D eigenvalue weighted by molar-refractivity contribution is -0.137. The number of ketones is 1. The van der Waals surface area contributed by atoms with Crippen molar-refractivity contribution in [1.82, 2.24) is 20.3 Å². The van der Waals surface area contributed by atoms with E-state index in [-0.39, 0.29) is 30.4 Å². The van der Waals surface area contributed by atoms with Crippen LogP contribution in [-0.4, -0.2) is 39.9 Å². The number of Topliss-reactive ketones (excluding diaryl/α,β-unsaturated/α-hetero) is 1. The average Bonchev–Trinajstić information content (AvgIpc) is 3.35. The molecule has 1 unspecified atom stereocenters. The molecule has 0 saturated carbocycles. The molecule has 1 aliphatic rings. The fraction of sp³-hybridized carbons (Fsp3) is 0.346. The molecular formula is C26H26F3N5O3. The van der Waals surface area contributed by atoms with Crippen molar-refractivity contribution >= 4 is 23.1 Å². The van der Waals surface area contributed by atoms with E-state index in [2.05, 4.69) is 25.6 Å². The normalized spacial score (nSPS) is 18.3. The molecule has 1 saturated heterocycles. The largest absolute Gasteiger partial charge is 0.418 e. The molecule has 3 heterocycles. The van der Waals surface area contributed by atoms with Crippen LogP contribution in [0.15, 0.2) is 55.2 Å². The summed E-state index contributed by atoms with van der Waals surface area (Å²) in [5.41, 5.74) is -0.170. The van der Waals surface area contributed by atoms with Gasteiger partial charge in [0, 0.05) is 25.4 Å².